The van der Waals surface area contributed by atoms with E-state index in [0.717, 1.165) is 50.8 Å². The third-order valence-corrected chi connectivity index (χ3v) is 5.61. The van der Waals surface area contributed by atoms with Crippen molar-refractivity contribution >= 4 is 5.91 Å². The Morgan fingerprint density at radius 1 is 1.21 bits per heavy atom. The summed E-state index contributed by atoms with van der Waals surface area (Å²) >= 11 is 0. The number of carbonyl (C=O) groups is 1. The van der Waals surface area contributed by atoms with Crippen LogP contribution in [0.3, 0.4) is 0 Å². The smallest absolute Gasteiger partial charge is 0.222 e. The van der Waals surface area contributed by atoms with Crippen LogP contribution >= 0.6 is 0 Å². The first-order valence-electron chi connectivity index (χ1n) is 9.19. The Kier molecular flexibility index (Phi) is 5.88. The Balaban J connectivity index is 1.46. The lowest BCUT2D eigenvalue weighted by molar-refractivity contribution is -0.131. The van der Waals surface area contributed by atoms with Crippen LogP contribution in [0.4, 0.5) is 4.39 Å². The molecule has 1 aromatic rings. The van der Waals surface area contributed by atoms with Gasteiger partial charge in [-0.15, -0.1) is 0 Å². The number of rotatable bonds is 5. The molecule has 0 unspecified atom stereocenters. The Morgan fingerprint density at radius 3 is 2.75 bits per heavy atom. The average Bonchev–Trinajstić information content (AvgIpc) is 3.06. The summed E-state index contributed by atoms with van der Waals surface area (Å²) in [5.74, 6) is 1.09. The summed E-state index contributed by atoms with van der Waals surface area (Å²) < 4.78 is 18.5. The molecule has 0 radical (unpaired) electrons. The molecule has 1 aliphatic carbocycles. The molecule has 3 nitrogen and oxygen atoms in total. The SMILES string of the molecule is CO[C@@H]1CCC[C@H](CC(=O)N2CC[C@@H](Cc3ccc(F)cc3)C2)C1. The third-order valence-electron chi connectivity index (χ3n) is 5.61. The molecule has 1 saturated carbocycles. The van der Waals surface area contributed by atoms with Gasteiger partial charge in [-0.05, 0) is 61.6 Å². The zero-order valence-corrected chi connectivity index (χ0v) is 14.5. The Morgan fingerprint density at radius 2 is 2.00 bits per heavy atom. The summed E-state index contributed by atoms with van der Waals surface area (Å²) in [6, 6.07) is 6.74. The van der Waals surface area contributed by atoms with E-state index in [-0.39, 0.29) is 5.82 Å². The van der Waals surface area contributed by atoms with Crippen LogP contribution in [-0.4, -0.2) is 37.1 Å². The number of nitrogens with zero attached hydrogens (tertiary/aromatic N) is 1. The molecule has 0 aromatic heterocycles. The number of amides is 1. The van der Waals surface area contributed by atoms with Crippen LogP contribution < -0.4 is 0 Å². The molecular weight excluding hydrogens is 305 g/mol. The maximum absolute atomic E-state index is 13.0. The molecular formula is C20H28FNO2. The number of hydrogen-bond donors (Lipinski definition) is 0. The lowest BCUT2D eigenvalue weighted by atomic mass is 9.85. The minimum Gasteiger partial charge on any atom is -0.381 e. The minimum absolute atomic E-state index is 0.191. The fourth-order valence-corrected chi connectivity index (χ4v) is 4.20. The van der Waals surface area contributed by atoms with Crippen LogP contribution in [0, 0.1) is 17.7 Å². The molecule has 1 heterocycles. The molecule has 1 aromatic carbocycles. The van der Waals surface area contributed by atoms with E-state index in [1.165, 1.54) is 18.6 Å². The molecule has 1 aliphatic heterocycles. The maximum atomic E-state index is 13.0. The number of methoxy groups -OCH3 is 1. The van der Waals surface area contributed by atoms with Gasteiger partial charge < -0.3 is 9.64 Å². The minimum atomic E-state index is -0.191. The molecule has 2 fully saturated rings. The van der Waals surface area contributed by atoms with Gasteiger partial charge in [0.15, 0.2) is 0 Å². The Bertz CT molecular complexity index is 545. The van der Waals surface area contributed by atoms with Crippen molar-refractivity contribution in [3.05, 3.63) is 35.6 Å². The largest absolute Gasteiger partial charge is 0.381 e. The lowest BCUT2D eigenvalue weighted by Crippen LogP contribution is -2.32. The van der Waals surface area contributed by atoms with Crippen LogP contribution in [0.25, 0.3) is 0 Å². The first-order chi connectivity index (χ1) is 11.6. The summed E-state index contributed by atoms with van der Waals surface area (Å²) in [4.78, 5) is 14.6. The normalized spacial score (nSPS) is 27.4. The van der Waals surface area contributed by atoms with Crippen LogP contribution in [0.2, 0.25) is 0 Å². The van der Waals surface area contributed by atoms with Crippen molar-refractivity contribution in [1.29, 1.82) is 0 Å². The molecule has 1 amide bonds. The van der Waals surface area contributed by atoms with Crippen LogP contribution in [0.15, 0.2) is 24.3 Å². The molecule has 4 heteroatoms. The van der Waals surface area contributed by atoms with Gasteiger partial charge in [0, 0.05) is 26.6 Å². The zero-order chi connectivity index (χ0) is 16.9. The second kappa shape index (κ2) is 8.11. The highest BCUT2D eigenvalue weighted by atomic mass is 19.1. The van der Waals surface area contributed by atoms with Crippen LogP contribution in [0.5, 0.6) is 0 Å². The highest BCUT2D eigenvalue weighted by molar-refractivity contribution is 5.76. The fraction of sp³-hybridized carbons (Fsp3) is 0.650. The molecule has 0 spiro atoms. The summed E-state index contributed by atoms with van der Waals surface area (Å²) in [6.45, 7) is 1.71. The van der Waals surface area contributed by atoms with E-state index in [1.54, 1.807) is 7.11 Å². The van der Waals surface area contributed by atoms with E-state index in [1.807, 2.05) is 17.0 Å². The summed E-state index contributed by atoms with van der Waals surface area (Å²) in [6.07, 6.45) is 7.46. The summed E-state index contributed by atoms with van der Waals surface area (Å²) in [5, 5.41) is 0. The van der Waals surface area contributed by atoms with Crippen molar-refractivity contribution in [3.8, 4) is 0 Å². The number of carbonyl (C=O) groups excluding carboxylic acids is 1. The van der Waals surface area contributed by atoms with Gasteiger partial charge in [-0.1, -0.05) is 18.6 Å². The van der Waals surface area contributed by atoms with E-state index in [0.29, 0.717) is 30.3 Å². The first-order valence-corrected chi connectivity index (χ1v) is 9.19. The van der Waals surface area contributed by atoms with E-state index in [4.69, 9.17) is 4.74 Å². The highest BCUT2D eigenvalue weighted by Crippen LogP contribution is 2.30. The molecule has 3 atom stereocenters. The second-order valence-corrected chi connectivity index (χ2v) is 7.42. The van der Waals surface area contributed by atoms with Gasteiger partial charge >= 0.3 is 0 Å². The number of likely N-dealkylation sites (tertiary alicyclic amines) is 1. The van der Waals surface area contributed by atoms with Gasteiger partial charge in [0.05, 0.1) is 6.10 Å². The van der Waals surface area contributed by atoms with Gasteiger partial charge in [0.1, 0.15) is 5.82 Å². The summed E-state index contributed by atoms with van der Waals surface area (Å²) in [7, 11) is 1.77. The number of halogens is 1. The molecule has 2 aliphatic rings. The molecule has 0 N–H and O–H groups in total. The molecule has 24 heavy (non-hydrogen) atoms. The molecule has 3 rings (SSSR count). The topological polar surface area (TPSA) is 29.5 Å². The molecule has 0 bridgehead atoms. The second-order valence-electron chi connectivity index (χ2n) is 7.42. The standard InChI is InChI=1S/C20H28FNO2/c1-24-19-4-2-3-16(12-19)13-20(23)22-10-9-17(14-22)11-15-5-7-18(21)8-6-15/h5-8,16-17,19H,2-4,9-14H2,1H3/t16-,17-,19+/m0/s1. The van der Waals surface area contributed by atoms with E-state index in [9.17, 15) is 9.18 Å². The average molecular weight is 333 g/mol. The van der Waals surface area contributed by atoms with Crippen molar-refractivity contribution < 1.29 is 13.9 Å². The Hall–Kier alpha value is -1.42. The quantitative estimate of drug-likeness (QED) is 0.820. The van der Waals surface area contributed by atoms with Gasteiger partial charge in [-0.2, -0.15) is 0 Å². The maximum Gasteiger partial charge on any atom is 0.222 e. The fourth-order valence-electron chi connectivity index (χ4n) is 4.20. The van der Waals surface area contributed by atoms with Crippen molar-refractivity contribution in [3.63, 3.8) is 0 Å². The Labute approximate surface area is 144 Å². The van der Waals surface area contributed by atoms with E-state index < -0.39 is 0 Å². The van der Waals surface area contributed by atoms with Crippen molar-refractivity contribution in [2.75, 3.05) is 20.2 Å². The van der Waals surface area contributed by atoms with E-state index in [2.05, 4.69) is 0 Å². The highest BCUT2D eigenvalue weighted by Gasteiger charge is 2.29. The van der Waals surface area contributed by atoms with E-state index >= 15 is 0 Å². The number of hydrogen-bond acceptors (Lipinski definition) is 2. The van der Waals surface area contributed by atoms with Gasteiger partial charge in [-0.3, -0.25) is 4.79 Å². The van der Waals surface area contributed by atoms with Gasteiger partial charge in [0.2, 0.25) is 5.91 Å². The first kappa shape index (κ1) is 17.4. The molecule has 1 saturated heterocycles. The lowest BCUT2D eigenvalue weighted by Gasteiger charge is -2.29. The number of benzene rings is 1. The zero-order valence-electron chi connectivity index (χ0n) is 14.5. The van der Waals surface area contributed by atoms with Crippen molar-refractivity contribution in [2.24, 2.45) is 11.8 Å². The predicted octanol–water partition coefficient (Wildman–Crippen LogP) is 3.81. The number of ether oxygens (including phenoxy) is 1. The van der Waals surface area contributed by atoms with Crippen molar-refractivity contribution in [1.82, 2.24) is 4.90 Å². The monoisotopic (exact) mass is 333 g/mol. The molecule has 132 valence electrons. The van der Waals surface area contributed by atoms with Crippen molar-refractivity contribution in [2.45, 2.75) is 51.0 Å². The summed E-state index contributed by atoms with van der Waals surface area (Å²) in [5.41, 5.74) is 1.16. The predicted molar refractivity (Wildman–Crippen MR) is 92.2 cm³/mol. The third kappa shape index (κ3) is 4.56. The van der Waals surface area contributed by atoms with Crippen LogP contribution in [-0.2, 0) is 16.0 Å². The van der Waals surface area contributed by atoms with Gasteiger partial charge in [-0.25, -0.2) is 4.39 Å². The van der Waals surface area contributed by atoms with Crippen LogP contribution in [0.1, 0.15) is 44.1 Å². The van der Waals surface area contributed by atoms with Gasteiger partial charge in [0.25, 0.3) is 0 Å².